The summed E-state index contributed by atoms with van der Waals surface area (Å²) >= 11 is 0. The van der Waals surface area contributed by atoms with Crippen molar-refractivity contribution in [3.63, 3.8) is 0 Å². The summed E-state index contributed by atoms with van der Waals surface area (Å²) in [5.74, 6) is -3.16. The van der Waals surface area contributed by atoms with Crippen LogP contribution in [-0.4, -0.2) is 65.5 Å². The number of hydrogen-bond acceptors (Lipinski definition) is 6. The fraction of sp³-hybridized carbons (Fsp3) is 0.542. The summed E-state index contributed by atoms with van der Waals surface area (Å²) < 4.78 is 0. The summed E-state index contributed by atoms with van der Waals surface area (Å²) in [6.45, 7) is 5.41. The molecule has 0 aromatic heterocycles. The van der Waals surface area contributed by atoms with Crippen LogP contribution in [0, 0.1) is 5.92 Å². The van der Waals surface area contributed by atoms with Crippen LogP contribution >= 0.6 is 0 Å². The number of benzene rings is 1. The lowest BCUT2D eigenvalue weighted by Crippen LogP contribution is -2.57. The van der Waals surface area contributed by atoms with E-state index in [0.717, 1.165) is 5.56 Å². The van der Waals surface area contributed by atoms with Gasteiger partial charge in [-0.1, -0.05) is 50.6 Å². The maximum absolute atomic E-state index is 13.1. The van der Waals surface area contributed by atoms with E-state index in [-0.39, 0.29) is 31.3 Å². The first kappa shape index (κ1) is 30.4. The van der Waals surface area contributed by atoms with E-state index in [9.17, 15) is 24.3 Å². The SMILES string of the molecule is CCC(C)C(N)C(=O)NC(Cc1ccccc1)C(=O)NC(C)C(=O)NC(CCCN=C(N)N)C(=O)O. The largest absolute Gasteiger partial charge is 0.480 e. The molecule has 0 aliphatic heterocycles. The molecule has 12 nitrogen and oxygen atoms in total. The topological polar surface area (TPSA) is 215 Å². The smallest absolute Gasteiger partial charge is 0.326 e. The number of rotatable bonds is 15. The zero-order valence-electron chi connectivity index (χ0n) is 21.1. The normalized spacial score (nSPS) is 14.9. The predicted molar refractivity (Wildman–Crippen MR) is 137 cm³/mol. The van der Waals surface area contributed by atoms with Crippen LogP contribution < -0.4 is 33.2 Å². The number of amides is 3. The van der Waals surface area contributed by atoms with Gasteiger partial charge in [-0.3, -0.25) is 19.4 Å². The van der Waals surface area contributed by atoms with E-state index in [4.69, 9.17) is 17.2 Å². The maximum atomic E-state index is 13.1. The van der Waals surface area contributed by atoms with Gasteiger partial charge in [0.1, 0.15) is 18.1 Å². The van der Waals surface area contributed by atoms with Crippen molar-refractivity contribution in [2.45, 2.75) is 70.6 Å². The Labute approximate surface area is 211 Å². The van der Waals surface area contributed by atoms with Crippen molar-refractivity contribution in [3.05, 3.63) is 35.9 Å². The second-order valence-electron chi connectivity index (χ2n) is 8.74. The second-order valence-corrected chi connectivity index (χ2v) is 8.74. The van der Waals surface area contributed by atoms with Crippen LogP contribution in [0.1, 0.15) is 45.6 Å². The fourth-order valence-electron chi connectivity index (χ4n) is 3.28. The molecular weight excluding hydrogens is 466 g/mol. The number of carboxylic acids is 1. The number of guanidine groups is 1. The highest BCUT2D eigenvalue weighted by atomic mass is 16.4. The van der Waals surface area contributed by atoms with Gasteiger partial charge in [-0.25, -0.2) is 4.79 Å². The van der Waals surface area contributed by atoms with Gasteiger partial charge in [0.25, 0.3) is 0 Å². The average molecular weight is 506 g/mol. The second kappa shape index (κ2) is 15.4. The maximum Gasteiger partial charge on any atom is 0.326 e. The third kappa shape index (κ3) is 10.7. The number of nitrogens with two attached hydrogens (primary N) is 3. The van der Waals surface area contributed by atoms with E-state index in [0.29, 0.717) is 12.8 Å². The third-order valence-electron chi connectivity index (χ3n) is 5.79. The van der Waals surface area contributed by atoms with Gasteiger partial charge >= 0.3 is 5.97 Å². The minimum atomic E-state index is -1.22. The molecular formula is C24H39N7O5. The van der Waals surface area contributed by atoms with Crippen LogP contribution in [0.4, 0.5) is 0 Å². The highest BCUT2D eigenvalue weighted by Crippen LogP contribution is 2.08. The van der Waals surface area contributed by atoms with Crippen LogP contribution in [0.25, 0.3) is 0 Å². The number of carbonyl (C=O) groups excluding carboxylic acids is 3. The molecule has 0 saturated carbocycles. The molecule has 0 aliphatic rings. The monoisotopic (exact) mass is 505 g/mol. The molecule has 10 N–H and O–H groups in total. The van der Waals surface area contributed by atoms with Crippen molar-refractivity contribution in [1.82, 2.24) is 16.0 Å². The lowest BCUT2D eigenvalue weighted by molar-refractivity contribution is -0.142. The molecule has 1 rings (SSSR count). The van der Waals surface area contributed by atoms with Gasteiger partial charge in [-0.15, -0.1) is 0 Å². The van der Waals surface area contributed by atoms with Gasteiger partial charge < -0.3 is 38.3 Å². The highest BCUT2D eigenvalue weighted by molar-refractivity contribution is 5.94. The van der Waals surface area contributed by atoms with E-state index in [2.05, 4.69) is 20.9 Å². The standard InChI is InChI=1S/C24H39N7O5/c1-4-14(2)19(25)22(34)31-18(13-16-9-6-5-7-10-16)21(33)29-15(3)20(32)30-17(23(35)36)11-8-12-28-24(26)27/h5-7,9-10,14-15,17-19H,4,8,11-13,25H2,1-3H3,(H,29,33)(H,30,32)(H,31,34)(H,35,36)(H4,26,27,28). The van der Waals surface area contributed by atoms with Crippen LogP contribution in [0.2, 0.25) is 0 Å². The molecule has 12 heteroatoms. The number of nitrogens with one attached hydrogen (secondary N) is 3. The minimum Gasteiger partial charge on any atom is -0.480 e. The zero-order chi connectivity index (χ0) is 27.3. The summed E-state index contributed by atoms with van der Waals surface area (Å²) in [7, 11) is 0. The van der Waals surface area contributed by atoms with E-state index >= 15 is 0 Å². The van der Waals surface area contributed by atoms with Gasteiger partial charge in [0.05, 0.1) is 6.04 Å². The molecule has 0 bridgehead atoms. The van der Waals surface area contributed by atoms with Gasteiger partial charge in [0, 0.05) is 13.0 Å². The van der Waals surface area contributed by atoms with E-state index in [1.165, 1.54) is 6.92 Å². The fourth-order valence-corrected chi connectivity index (χ4v) is 3.28. The Morgan fingerprint density at radius 1 is 0.944 bits per heavy atom. The Balaban J connectivity index is 2.86. The summed E-state index contributed by atoms with van der Waals surface area (Å²) in [4.78, 5) is 53.7. The first-order chi connectivity index (χ1) is 17.0. The molecule has 0 saturated heterocycles. The molecule has 3 amide bonds. The van der Waals surface area contributed by atoms with Crippen molar-refractivity contribution < 1.29 is 24.3 Å². The first-order valence-corrected chi connectivity index (χ1v) is 11.9. The lowest BCUT2D eigenvalue weighted by Gasteiger charge is -2.25. The van der Waals surface area contributed by atoms with Gasteiger partial charge in [0.2, 0.25) is 17.7 Å². The molecule has 1 aromatic rings. The highest BCUT2D eigenvalue weighted by Gasteiger charge is 2.29. The molecule has 0 aliphatic carbocycles. The van der Waals surface area contributed by atoms with E-state index in [1.54, 1.807) is 0 Å². The third-order valence-corrected chi connectivity index (χ3v) is 5.79. The van der Waals surface area contributed by atoms with Crippen molar-refractivity contribution in [1.29, 1.82) is 0 Å². The van der Waals surface area contributed by atoms with Gasteiger partial charge in [0.15, 0.2) is 5.96 Å². The van der Waals surface area contributed by atoms with Gasteiger partial charge in [-0.05, 0) is 31.2 Å². The molecule has 0 spiro atoms. The van der Waals surface area contributed by atoms with Crippen LogP contribution in [0.3, 0.4) is 0 Å². The number of carbonyl (C=O) groups is 4. The van der Waals surface area contributed by atoms with Crippen LogP contribution in [0.5, 0.6) is 0 Å². The lowest BCUT2D eigenvalue weighted by atomic mass is 9.98. The number of aliphatic imine (C=N–C) groups is 1. The average Bonchev–Trinajstić information content (AvgIpc) is 2.84. The summed E-state index contributed by atoms with van der Waals surface area (Å²) in [5.41, 5.74) is 17.3. The molecule has 0 heterocycles. The summed E-state index contributed by atoms with van der Waals surface area (Å²) in [6, 6.07) is 5.07. The summed E-state index contributed by atoms with van der Waals surface area (Å²) in [6.07, 6.45) is 1.30. The Hall–Kier alpha value is -3.67. The number of aliphatic carboxylic acids is 1. The Morgan fingerprint density at radius 3 is 2.11 bits per heavy atom. The molecule has 200 valence electrons. The number of carboxylic acid groups (broad SMARTS) is 1. The minimum absolute atomic E-state index is 0.0879. The van der Waals surface area contributed by atoms with E-state index in [1.807, 2.05) is 44.2 Å². The van der Waals surface area contributed by atoms with Crippen molar-refractivity contribution in [3.8, 4) is 0 Å². The number of nitrogens with zero attached hydrogens (tertiary/aromatic N) is 1. The van der Waals surface area contributed by atoms with Crippen molar-refractivity contribution >= 4 is 29.7 Å². The van der Waals surface area contributed by atoms with E-state index < -0.39 is 47.9 Å². The molecule has 36 heavy (non-hydrogen) atoms. The van der Waals surface area contributed by atoms with Crippen LogP contribution in [-0.2, 0) is 25.6 Å². The molecule has 5 unspecified atom stereocenters. The van der Waals surface area contributed by atoms with Crippen LogP contribution in [0.15, 0.2) is 35.3 Å². The van der Waals surface area contributed by atoms with Crippen molar-refractivity contribution in [2.24, 2.45) is 28.1 Å². The van der Waals surface area contributed by atoms with Gasteiger partial charge in [-0.2, -0.15) is 0 Å². The predicted octanol–water partition coefficient (Wildman–Crippen LogP) is -0.785. The Bertz CT molecular complexity index is 905. The zero-order valence-corrected chi connectivity index (χ0v) is 21.1. The van der Waals surface area contributed by atoms with Crippen molar-refractivity contribution in [2.75, 3.05) is 6.54 Å². The molecule has 5 atom stereocenters. The Kier molecular flexibility index (Phi) is 12.9. The first-order valence-electron chi connectivity index (χ1n) is 11.9. The number of hydrogen-bond donors (Lipinski definition) is 7. The molecule has 1 aromatic carbocycles. The summed E-state index contributed by atoms with van der Waals surface area (Å²) in [5, 5.41) is 17.1. The quantitative estimate of drug-likeness (QED) is 0.0908. The molecule has 0 radical (unpaired) electrons. The Morgan fingerprint density at radius 2 is 1.56 bits per heavy atom. The molecule has 0 fully saturated rings.